The average molecular weight is 434 g/mol. The van der Waals surface area contributed by atoms with E-state index in [-0.39, 0.29) is 0 Å². The van der Waals surface area contributed by atoms with E-state index in [1.807, 2.05) is 30.1 Å². The maximum atomic E-state index is 6.19. The highest BCUT2D eigenvalue weighted by Crippen LogP contribution is 2.35. The van der Waals surface area contributed by atoms with Gasteiger partial charge in [-0.3, -0.25) is 5.32 Å². The second-order valence-corrected chi connectivity index (χ2v) is 9.05. The lowest BCUT2D eigenvalue weighted by atomic mass is 10.0. The van der Waals surface area contributed by atoms with Crippen LogP contribution < -0.4 is 5.32 Å². The van der Waals surface area contributed by atoms with Gasteiger partial charge in [-0.2, -0.15) is 0 Å². The zero-order valence-corrected chi connectivity index (χ0v) is 18.4. The van der Waals surface area contributed by atoms with Crippen LogP contribution in [-0.4, -0.2) is 33.5 Å². The Kier molecular flexibility index (Phi) is 5.72. The number of benzene rings is 1. The number of pyridine rings is 1. The summed E-state index contributed by atoms with van der Waals surface area (Å²) >= 11 is 14.3. The number of rotatable bonds is 5. The number of nitrogens with zero attached hydrogens (tertiary/aromatic N) is 2. The van der Waals surface area contributed by atoms with Gasteiger partial charge >= 0.3 is 0 Å². The number of hydrogen-bond acceptors (Lipinski definition) is 3. The van der Waals surface area contributed by atoms with Gasteiger partial charge in [-0.25, -0.2) is 9.88 Å². The highest BCUT2D eigenvalue weighted by molar-refractivity contribution is 8.03. The molecule has 1 aliphatic heterocycles. The molecule has 1 aromatic carbocycles. The Morgan fingerprint density at radius 1 is 1.11 bits per heavy atom. The van der Waals surface area contributed by atoms with Crippen molar-refractivity contribution in [3.05, 3.63) is 57.2 Å². The first kappa shape index (κ1) is 19.8. The highest BCUT2D eigenvalue weighted by atomic mass is 35.5. The number of allylic oxidation sites excluding steroid dienone is 1. The first-order chi connectivity index (χ1) is 13.5. The van der Waals surface area contributed by atoms with Crippen molar-refractivity contribution < 1.29 is 5.32 Å². The van der Waals surface area contributed by atoms with E-state index in [9.17, 15) is 0 Å². The predicted octanol–water partition coefficient (Wildman–Crippen LogP) is 5.16. The first-order valence-corrected chi connectivity index (χ1v) is 11.0. The van der Waals surface area contributed by atoms with E-state index in [1.165, 1.54) is 16.2 Å². The van der Waals surface area contributed by atoms with Crippen LogP contribution in [0.5, 0.6) is 0 Å². The molecule has 0 bridgehead atoms. The molecular weight excluding hydrogens is 411 g/mol. The fraction of sp³-hybridized carbons (Fsp3) is 0.286. The van der Waals surface area contributed by atoms with Crippen LogP contribution in [0.15, 0.2) is 41.6 Å². The van der Waals surface area contributed by atoms with Gasteiger partial charge in [0, 0.05) is 46.5 Å². The van der Waals surface area contributed by atoms with E-state index in [0.29, 0.717) is 15.5 Å². The molecule has 3 aromatic rings. The van der Waals surface area contributed by atoms with Gasteiger partial charge in [-0.05, 0) is 48.5 Å². The van der Waals surface area contributed by atoms with Gasteiger partial charge in [0.05, 0.1) is 10.5 Å². The molecule has 0 saturated carbocycles. The minimum atomic E-state index is 0.387. The number of fused-ring (bicyclic) bond motifs is 1. The Hall–Kier alpha value is -1.50. The summed E-state index contributed by atoms with van der Waals surface area (Å²) in [6.45, 7) is 8.71. The van der Waals surface area contributed by atoms with Crippen LogP contribution in [0.4, 0.5) is 0 Å². The Morgan fingerprint density at radius 2 is 1.82 bits per heavy atom. The zero-order chi connectivity index (χ0) is 19.8. The molecule has 0 fully saturated rings. The Balaban J connectivity index is 1.74. The number of nitrogens with one attached hydrogen (secondary N) is 1. The summed E-state index contributed by atoms with van der Waals surface area (Å²) in [6, 6.07) is 7.74. The summed E-state index contributed by atoms with van der Waals surface area (Å²) in [4.78, 5) is 11.8. The lowest BCUT2D eigenvalue weighted by Gasteiger charge is -2.22. The molecule has 3 heterocycles. The Labute approximate surface area is 179 Å². The summed E-state index contributed by atoms with van der Waals surface area (Å²) in [5.74, 6) is 0. The van der Waals surface area contributed by atoms with Gasteiger partial charge in [0.2, 0.25) is 0 Å². The maximum Gasteiger partial charge on any atom is 0.199 e. The monoisotopic (exact) mass is 433 g/mol. The number of halogens is 2. The molecule has 0 amide bonds. The van der Waals surface area contributed by atoms with Crippen molar-refractivity contribution in [3.8, 4) is 11.1 Å². The fourth-order valence-electron chi connectivity index (χ4n) is 3.69. The fourth-order valence-corrected chi connectivity index (χ4v) is 5.53. The van der Waals surface area contributed by atoms with E-state index in [4.69, 9.17) is 23.2 Å². The van der Waals surface area contributed by atoms with E-state index < -0.39 is 0 Å². The molecule has 3 N–H and O–H groups in total. The van der Waals surface area contributed by atoms with Gasteiger partial charge in [0.15, 0.2) is 11.2 Å². The molecule has 0 radical (unpaired) electrons. The van der Waals surface area contributed by atoms with Crippen LogP contribution in [0.2, 0.25) is 10.0 Å². The van der Waals surface area contributed by atoms with Gasteiger partial charge in [0.1, 0.15) is 5.65 Å². The molecule has 1 aliphatic rings. The topological polar surface area (TPSA) is 48.5 Å². The van der Waals surface area contributed by atoms with Crippen molar-refractivity contribution in [1.29, 1.82) is 0 Å². The quantitative estimate of drug-likeness (QED) is 0.583. The molecule has 2 aromatic heterocycles. The van der Waals surface area contributed by atoms with Crippen LogP contribution >= 0.6 is 35.0 Å². The largest absolute Gasteiger partial charge is 0.345 e. The first-order valence-electron chi connectivity index (χ1n) is 9.40. The molecule has 28 heavy (non-hydrogen) atoms. The van der Waals surface area contributed by atoms with Gasteiger partial charge in [-0.1, -0.05) is 37.0 Å². The molecule has 0 aliphatic carbocycles. The van der Waals surface area contributed by atoms with Gasteiger partial charge < -0.3 is 4.98 Å². The van der Waals surface area contributed by atoms with E-state index >= 15 is 0 Å². The summed E-state index contributed by atoms with van der Waals surface area (Å²) in [7, 11) is 0. The maximum absolute atomic E-state index is 6.19. The van der Waals surface area contributed by atoms with Crippen molar-refractivity contribution in [3.63, 3.8) is 0 Å². The summed E-state index contributed by atoms with van der Waals surface area (Å²) in [6.07, 6.45) is 3.92. The SMILES string of the molecule is CCN(CC)C1[NH2+]C(c2c[nH]c3ncc(-c4cc(Cl)cc(Cl)c4)cc23)=C(C)S1. The van der Waals surface area contributed by atoms with Crippen molar-refractivity contribution in [2.45, 2.75) is 26.3 Å². The van der Waals surface area contributed by atoms with E-state index in [1.54, 1.807) is 6.07 Å². The molecule has 1 unspecified atom stereocenters. The van der Waals surface area contributed by atoms with Crippen LogP contribution in [-0.2, 0) is 0 Å². The minimum absolute atomic E-state index is 0.387. The Bertz CT molecular complexity index is 1040. The molecule has 4 nitrogen and oxygen atoms in total. The van der Waals surface area contributed by atoms with E-state index in [0.717, 1.165) is 35.2 Å². The molecule has 0 spiro atoms. The average Bonchev–Trinajstić information content (AvgIpc) is 3.24. The molecule has 146 valence electrons. The van der Waals surface area contributed by atoms with Gasteiger partial charge in [-0.15, -0.1) is 0 Å². The van der Waals surface area contributed by atoms with Gasteiger partial charge in [0.25, 0.3) is 0 Å². The lowest BCUT2D eigenvalue weighted by Crippen LogP contribution is -2.87. The van der Waals surface area contributed by atoms with Crippen molar-refractivity contribution in [1.82, 2.24) is 14.9 Å². The van der Waals surface area contributed by atoms with Crippen LogP contribution in [0, 0.1) is 0 Å². The summed E-state index contributed by atoms with van der Waals surface area (Å²) in [5, 5.41) is 4.73. The number of aromatic nitrogens is 2. The number of H-pyrrole nitrogens is 1. The molecule has 4 rings (SSSR count). The molecule has 0 saturated heterocycles. The second kappa shape index (κ2) is 8.09. The third kappa shape index (κ3) is 3.70. The van der Waals surface area contributed by atoms with Crippen molar-refractivity contribution >= 4 is 51.7 Å². The van der Waals surface area contributed by atoms with Crippen LogP contribution in [0.3, 0.4) is 0 Å². The summed E-state index contributed by atoms with van der Waals surface area (Å²) in [5.41, 5.74) is 5.72. The van der Waals surface area contributed by atoms with E-state index in [2.05, 4.69) is 53.2 Å². The predicted molar refractivity (Wildman–Crippen MR) is 120 cm³/mol. The number of thioether (sulfide) groups is 1. The molecular formula is C21H23Cl2N4S+. The lowest BCUT2D eigenvalue weighted by molar-refractivity contribution is -0.597. The Morgan fingerprint density at radius 3 is 2.50 bits per heavy atom. The van der Waals surface area contributed by atoms with Crippen LogP contribution in [0.25, 0.3) is 27.9 Å². The second-order valence-electron chi connectivity index (χ2n) is 6.85. The summed E-state index contributed by atoms with van der Waals surface area (Å²) < 4.78 is 0. The number of aromatic amines is 1. The molecule has 7 heteroatoms. The normalized spacial score (nSPS) is 17.3. The highest BCUT2D eigenvalue weighted by Gasteiger charge is 2.32. The van der Waals surface area contributed by atoms with Crippen LogP contribution in [0.1, 0.15) is 26.3 Å². The smallest absolute Gasteiger partial charge is 0.199 e. The number of nitrogens with two attached hydrogens (primary N) is 1. The third-order valence-electron chi connectivity index (χ3n) is 5.18. The van der Waals surface area contributed by atoms with Crippen molar-refractivity contribution in [2.75, 3.05) is 13.1 Å². The number of hydrogen-bond donors (Lipinski definition) is 2. The standard InChI is InChI=1S/C21H22Cl2N4S/c1-4-27(5-2)21-26-19(12(3)28-21)18-11-25-20-17(18)8-14(10-24-20)13-6-15(22)9-16(23)7-13/h6-11,21,26H,4-5H2,1-3H3,(H,24,25)/p+1. The third-order valence-corrected chi connectivity index (χ3v) is 6.86. The number of quaternary nitrogens is 1. The van der Waals surface area contributed by atoms with Crippen molar-refractivity contribution in [2.24, 2.45) is 0 Å². The molecule has 1 atom stereocenters. The minimum Gasteiger partial charge on any atom is -0.345 e. The zero-order valence-electron chi connectivity index (χ0n) is 16.1.